The smallest absolute Gasteiger partial charge is 0.493 e. The fourth-order valence-electron chi connectivity index (χ4n) is 6.98. The Bertz CT molecular complexity index is 2610. The van der Waals surface area contributed by atoms with E-state index in [1.54, 1.807) is 79.3 Å². The number of aliphatic hydroxyl groups is 5. The van der Waals surface area contributed by atoms with Crippen LogP contribution >= 0.6 is 0 Å². The number of hydrogen-bond donors (Lipinski definition) is 8. The zero-order valence-electron chi connectivity index (χ0n) is 42.5. The van der Waals surface area contributed by atoms with Crippen molar-refractivity contribution >= 4 is 33.1 Å². The minimum atomic E-state index is -1.50. The number of nitrogens with zero attached hydrogens (tertiary/aromatic N) is 5. The summed E-state index contributed by atoms with van der Waals surface area (Å²) in [6.07, 6.45) is 3.24. The molecule has 0 saturated heterocycles. The van der Waals surface area contributed by atoms with E-state index in [4.69, 9.17) is 109 Å². The molecule has 0 fully saturated rings. The van der Waals surface area contributed by atoms with Gasteiger partial charge in [-0.3, -0.25) is 19.6 Å². The summed E-state index contributed by atoms with van der Waals surface area (Å²) < 4.78 is 43.9. The third kappa shape index (κ3) is 17.8. The maximum atomic E-state index is 13.1. The predicted molar refractivity (Wildman–Crippen MR) is 261 cm³/mol. The van der Waals surface area contributed by atoms with Crippen LogP contribution in [0.25, 0.3) is 43.8 Å². The van der Waals surface area contributed by atoms with Gasteiger partial charge in [0.1, 0.15) is 11.4 Å². The van der Waals surface area contributed by atoms with E-state index in [1.165, 1.54) is 14.2 Å². The summed E-state index contributed by atoms with van der Waals surface area (Å²) in [6.45, 7) is 0. The van der Waals surface area contributed by atoms with Gasteiger partial charge in [-0.05, 0) is 59.3 Å². The van der Waals surface area contributed by atoms with Gasteiger partial charge in [0.05, 0.1) is 56.9 Å². The first kappa shape index (κ1) is 71.7. The van der Waals surface area contributed by atoms with E-state index in [9.17, 15) is 9.59 Å². The molecule has 2 aliphatic carbocycles. The molecule has 0 spiro atoms. The van der Waals surface area contributed by atoms with Gasteiger partial charge in [0.15, 0.2) is 46.0 Å². The maximum Gasteiger partial charge on any atom is 3.00 e. The molecule has 0 unspecified atom stereocenters. The molecule has 2 heterocycles. The first-order valence-electron chi connectivity index (χ1n) is 19.9. The third-order valence-electron chi connectivity index (χ3n) is 9.29. The summed E-state index contributed by atoms with van der Waals surface area (Å²) in [4.78, 5) is 59.9. The van der Waals surface area contributed by atoms with Crippen LogP contribution in [0.15, 0.2) is 60.9 Å². The average molecular weight is 1200 g/mol. The molecule has 0 bridgehead atoms. The molecular weight excluding hydrogens is 1150 g/mol. The second kappa shape index (κ2) is 37.2. The van der Waals surface area contributed by atoms with Gasteiger partial charge in [0.2, 0.25) is 11.6 Å². The number of hydrogen-bond acceptors (Lipinski definition) is 23. The Hall–Kier alpha value is -7.58. The van der Waals surface area contributed by atoms with Crippen molar-refractivity contribution in [3.05, 3.63) is 114 Å². The predicted octanol–water partition coefficient (Wildman–Crippen LogP) is 3.96. The summed E-state index contributed by atoms with van der Waals surface area (Å²) >= 11 is 0. The maximum absolute atomic E-state index is 13.1. The molecule has 0 saturated carbocycles. The zero-order valence-corrected chi connectivity index (χ0v) is 44.9. The summed E-state index contributed by atoms with van der Waals surface area (Å²) in [5.74, 6) is 3.98. The van der Waals surface area contributed by atoms with Crippen LogP contribution in [0.3, 0.4) is 0 Å². The Morgan fingerprint density at radius 3 is 0.840 bits per heavy atom. The van der Waals surface area contributed by atoms with Crippen LogP contribution in [0.2, 0.25) is 0 Å². The molecule has 2 aromatic heterocycles. The molecule has 0 amide bonds. The van der Waals surface area contributed by atoms with Crippen molar-refractivity contribution in [3.8, 4) is 68.2 Å². The number of benzene rings is 4. The van der Waals surface area contributed by atoms with Gasteiger partial charge < -0.3 is 79.0 Å². The van der Waals surface area contributed by atoms with Crippen LogP contribution in [0.5, 0.6) is 46.0 Å². The topological polar surface area (TPSA) is 425 Å². The van der Waals surface area contributed by atoms with Gasteiger partial charge in [-0.15, -0.1) is 30.3 Å². The van der Waals surface area contributed by atoms with Crippen molar-refractivity contribution in [2.75, 3.05) is 92.4 Å². The standard InChI is InChI=1S/2C20H17NO5.5CH4O.Eu.3HNO3/c2*1-23-13-8-11-12(9-14(13)24-2)19(22)18-16-10(5-6-21-18)7-15(25-3)20(26-4)17(11)16;5*1-2;;3*2-1(3)4/h2*5-9H,1-4H3;5*2H,1H3;;3*(H,2,3,4)/q;;;;;;;+3;;;. The van der Waals surface area contributed by atoms with Gasteiger partial charge >= 0.3 is 49.4 Å². The molecule has 29 nitrogen and oxygen atoms in total. The van der Waals surface area contributed by atoms with Crippen LogP contribution in [-0.4, -0.2) is 170 Å². The minimum absolute atomic E-state index is 0. The summed E-state index contributed by atoms with van der Waals surface area (Å²) in [7, 11) is 17.5. The van der Waals surface area contributed by atoms with E-state index in [1.807, 2.05) is 24.3 Å². The van der Waals surface area contributed by atoms with Crippen LogP contribution in [-0.2, 0) is 0 Å². The number of aliphatic hydroxyl groups excluding tert-OH is 5. The van der Waals surface area contributed by atoms with Crippen molar-refractivity contribution in [2.24, 2.45) is 0 Å². The Labute approximate surface area is 467 Å². The Morgan fingerprint density at radius 2 is 0.627 bits per heavy atom. The van der Waals surface area contributed by atoms with Crippen LogP contribution in [0, 0.1) is 79.7 Å². The summed E-state index contributed by atoms with van der Waals surface area (Å²) in [5.41, 5.74) is 4.68. The van der Waals surface area contributed by atoms with Gasteiger partial charge in [0, 0.05) is 92.1 Å². The molecule has 0 aliphatic heterocycles. The van der Waals surface area contributed by atoms with Gasteiger partial charge in [0.25, 0.3) is 15.3 Å². The number of fused-ring (bicyclic) bond motifs is 4. The third-order valence-corrected chi connectivity index (χ3v) is 9.29. The van der Waals surface area contributed by atoms with Crippen LogP contribution in [0.4, 0.5) is 0 Å². The molecule has 410 valence electrons. The number of carbonyl (C=O) groups excluding carboxylic acids is 2. The van der Waals surface area contributed by atoms with Crippen LogP contribution < -0.4 is 37.9 Å². The molecule has 8 rings (SSSR count). The SMILES string of the molecule is CO.CO.CO.CO.CO.COc1cc2c(cc1OC)-c1c(OC)c(OC)cc3ccnc(c13)C2=O.COc1cc2c(cc1OC)-c1c(OC)c(OC)cc3ccnc(c13)C2=O.O=[N+]([O-])O.O=[N+]([O-])O.O=[N+]([O-])O.[Eu+3]. The van der Waals surface area contributed by atoms with Gasteiger partial charge in [-0.25, -0.2) is 0 Å². The Balaban J connectivity index is -0.000000993. The van der Waals surface area contributed by atoms with E-state index in [0.29, 0.717) is 79.6 Å². The quantitative estimate of drug-likeness (QED) is 0.0788. The zero-order chi connectivity index (χ0) is 57.6. The van der Waals surface area contributed by atoms with E-state index in [0.717, 1.165) is 68.2 Å². The van der Waals surface area contributed by atoms with Gasteiger partial charge in [-0.2, -0.15) is 0 Å². The first-order valence-corrected chi connectivity index (χ1v) is 19.9. The van der Waals surface area contributed by atoms with Crippen molar-refractivity contribution < 1.29 is 153 Å². The second-order valence-corrected chi connectivity index (χ2v) is 12.4. The molecule has 2 aliphatic rings. The van der Waals surface area contributed by atoms with Gasteiger partial charge in [-0.1, -0.05) is 0 Å². The van der Waals surface area contributed by atoms with E-state index < -0.39 is 15.3 Å². The Morgan fingerprint density at radius 1 is 0.400 bits per heavy atom. The summed E-state index contributed by atoms with van der Waals surface area (Å²) in [6, 6.07) is 14.3. The number of carbonyl (C=O) groups is 2. The number of methoxy groups -OCH3 is 8. The molecule has 8 N–H and O–H groups in total. The van der Waals surface area contributed by atoms with Crippen molar-refractivity contribution in [1.29, 1.82) is 0 Å². The van der Waals surface area contributed by atoms with Crippen molar-refractivity contribution in [2.45, 2.75) is 0 Å². The normalized spacial score (nSPS) is 9.63. The molecule has 75 heavy (non-hydrogen) atoms. The van der Waals surface area contributed by atoms with Crippen LogP contribution in [0.1, 0.15) is 32.1 Å². The molecule has 0 radical (unpaired) electrons. The molecule has 6 aromatic rings. The number of aromatic nitrogens is 2. The Kier molecular flexibility index (Phi) is 35.6. The number of ether oxygens (including phenoxy) is 8. The molecular formula is C45H57EuN5O24+3. The van der Waals surface area contributed by atoms with E-state index >= 15 is 0 Å². The van der Waals surface area contributed by atoms with E-state index in [-0.39, 0.29) is 60.9 Å². The number of pyridine rings is 2. The molecule has 30 heteroatoms. The number of rotatable bonds is 8. The largest absolute Gasteiger partial charge is 3.00 e. The second-order valence-electron chi connectivity index (χ2n) is 12.4. The fourth-order valence-corrected chi connectivity index (χ4v) is 6.98. The molecule has 0 atom stereocenters. The summed E-state index contributed by atoms with van der Waals surface area (Å²) in [5, 5.41) is 79.1. The molecule has 4 aromatic carbocycles. The van der Waals surface area contributed by atoms with E-state index in [2.05, 4.69) is 9.97 Å². The fraction of sp³-hybridized carbons (Fsp3) is 0.289. The first-order chi connectivity index (χ1) is 35.5. The average Bonchev–Trinajstić information content (AvgIpc) is 3.42. The van der Waals surface area contributed by atoms with Crippen molar-refractivity contribution in [3.63, 3.8) is 0 Å². The van der Waals surface area contributed by atoms with Crippen molar-refractivity contribution in [1.82, 2.24) is 9.97 Å². The number of ketones is 2. The monoisotopic (exact) mass is 1200 g/mol. The minimum Gasteiger partial charge on any atom is -0.493 e.